The van der Waals surface area contributed by atoms with Gasteiger partial charge in [0.25, 0.3) is 0 Å². The lowest BCUT2D eigenvalue weighted by Crippen LogP contribution is -2.36. The van der Waals surface area contributed by atoms with Crippen molar-refractivity contribution in [1.29, 1.82) is 0 Å². The summed E-state index contributed by atoms with van der Waals surface area (Å²) in [6.45, 7) is 3.70. The van der Waals surface area contributed by atoms with Crippen LogP contribution in [0.3, 0.4) is 0 Å². The van der Waals surface area contributed by atoms with Crippen LogP contribution in [-0.4, -0.2) is 104 Å². The molecule has 14 heteroatoms. The molecule has 0 atom stereocenters. The van der Waals surface area contributed by atoms with E-state index < -0.39 is 0 Å². The largest absolute Gasteiger partial charge is 0.370 e. The number of carbonyl (C=O) groups excluding carboxylic acids is 1. The highest BCUT2D eigenvalue weighted by molar-refractivity contribution is 5.73. The summed E-state index contributed by atoms with van der Waals surface area (Å²) in [4.78, 5) is 29.3. The fourth-order valence-electron chi connectivity index (χ4n) is 5.54. The van der Waals surface area contributed by atoms with Crippen LogP contribution < -0.4 is 20.4 Å². The Balaban J connectivity index is 0.000000988. The molecule has 0 aliphatic rings. The van der Waals surface area contributed by atoms with Crippen molar-refractivity contribution in [2.24, 2.45) is 5.73 Å². The molecule has 1 heterocycles. The quantitative estimate of drug-likeness (QED) is 0.0555. The first-order chi connectivity index (χ1) is 24.9. The van der Waals surface area contributed by atoms with Crippen LogP contribution in [0.25, 0.3) is 0 Å². The molecule has 0 aliphatic carbocycles. The van der Waals surface area contributed by atoms with Crippen molar-refractivity contribution >= 4 is 23.8 Å². The van der Waals surface area contributed by atoms with Crippen LogP contribution >= 0.6 is 0 Å². The molecule has 0 saturated carbocycles. The summed E-state index contributed by atoms with van der Waals surface area (Å²) in [6.07, 6.45) is 26.8. The number of methoxy groups -OCH3 is 6. The smallest absolute Gasteiger partial charge is 0.235 e. The van der Waals surface area contributed by atoms with E-state index in [2.05, 4.69) is 21.9 Å². The first kappa shape index (κ1) is 48.6. The number of ether oxygens (including phenoxy) is 6. The van der Waals surface area contributed by atoms with E-state index in [4.69, 9.17) is 34.2 Å². The number of hydrogen-bond donors (Lipinski definition) is 1. The minimum Gasteiger partial charge on any atom is -0.370 e. The van der Waals surface area contributed by atoms with E-state index in [-0.39, 0.29) is 46.3 Å². The number of aromatic nitrogens is 3. The molecule has 0 unspecified atom stereocenters. The number of amides is 1. The van der Waals surface area contributed by atoms with Gasteiger partial charge in [-0.3, -0.25) is 19.5 Å². The molecule has 1 amide bonds. The Morgan fingerprint density at radius 3 is 0.843 bits per heavy atom. The minimum absolute atomic E-state index is 0.151. The minimum atomic E-state index is -0.151. The van der Waals surface area contributed by atoms with Crippen molar-refractivity contribution in [1.82, 2.24) is 15.0 Å². The van der Waals surface area contributed by atoms with Crippen molar-refractivity contribution < 1.29 is 33.2 Å². The molecule has 0 radical (unpaired) electrons. The van der Waals surface area contributed by atoms with Gasteiger partial charge in [-0.1, -0.05) is 122 Å². The van der Waals surface area contributed by atoms with Crippen LogP contribution in [0.4, 0.5) is 17.8 Å². The molecule has 1 aromatic heterocycles. The second kappa shape index (κ2) is 36.0. The van der Waals surface area contributed by atoms with E-state index in [1.165, 1.54) is 116 Å². The van der Waals surface area contributed by atoms with Crippen LogP contribution in [0.15, 0.2) is 0 Å². The lowest BCUT2D eigenvalue weighted by Gasteiger charge is -2.27. The highest BCUT2D eigenvalue weighted by Crippen LogP contribution is 2.20. The van der Waals surface area contributed by atoms with E-state index in [1.807, 2.05) is 0 Å². The van der Waals surface area contributed by atoms with Crippen LogP contribution in [0.1, 0.15) is 135 Å². The molecule has 0 saturated heterocycles. The summed E-state index contributed by atoms with van der Waals surface area (Å²) < 4.78 is 31.3. The topological polar surface area (TPSA) is 147 Å². The van der Waals surface area contributed by atoms with E-state index in [0.717, 1.165) is 6.42 Å². The van der Waals surface area contributed by atoms with Gasteiger partial charge in [0.05, 0.1) is 0 Å². The summed E-state index contributed by atoms with van der Waals surface area (Å²) in [5.74, 6) is 0.955. The highest BCUT2D eigenvalue weighted by atomic mass is 16.5. The number of nitrogens with zero attached hydrogens (tertiary/aromatic N) is 6. The average Bonchev–Trinajstić information content (AvgIpc) is 3.12. The fraction of sp³-hybridized carbons (Fsp3) is 0.892. The van der Waals surface area contributed by atoms with Gasteiger partial charge in [-0.2, -0.15) is 15.0 Å². The van der Waals surface area contributed by atoms with Crippen molar-refractivity contribution in [2.45, 2.75) is 135 Å². The summed E-state index contributed by atoms with van der Waals surface area (Å²) in [7, 11) is 9.48. The molecule has 51 heavy (non-hydrogen) atoms. The molecular formula is C37H75N7O7. The summed E-state index contributed by atoms with van der Waals surface area (Å²) in [6, 6.07) is 0. The Kier molecular flexibility index (Phi) is 34.4. The maximum absolute atomic E-state index is 10.6. The molecule has 0 fully saturated rings. The predicted molar refractivity (Wildman–Crippen MR) is 206 cm³/mol. The van der Waals surface area contributed by atoms with Gasteiger partial charge in [0.15, 0.2) is 0 Å². The van der Waals surface area contributed by atoms with Gasteiger partial charge in [-0.05, 0) is 6.42 Å². The van der Waals surface area contributed by atoms with Crippen molar-refractivity contribution in [3.63, 3.8) is 0 Å². The number of unbranched alkanes of at least 4 members (excludes halogenated alkanes) is 18. The third-order valence-corrected chi connectivity index (χ3v) is 8.18. The Bertz CT molecular complexity index is 818. The second-order valence-electron chi connectivity index (χ2n) is 12.9. The molecular weight excluding hydrogens is 654 g/mol. The molecule has 2 N–H and O–H groups in total. The van der Waals surface area contributed by atoms with E-state index in [0.29, 0.717) is 24.3 Å². The molecule has 0 bridgehead atoms. The van der Waals surface area contributed by atoms with Gasteiger partial charge >= 0.3 is 0 Å². The SMILES string of the molecule is CCCCCCCCCCCCCCCCCCCCCC(N)=O.COCN(COC)c1nc(N(COC)COC)nc(N(COC)COC)n1. The molecule has 1 aromatic rings. The Morgan fingerprint density at radius 1 is 0.431 bits per heavy atom. The normalized spacial score (nSPS) is 11.0. The fourth-order valence-corrected chi connectivity index (χ4v) is 5.54. The summed E-state index contributed by atoms with van der Waals surface area (Å²) >= 11 is 0. The molecule has 0 aliphatic heterocycles. The zero-order chi connectivity index (χ0) is 37.8. The van der Waals surface area contributed by atoms with Gasteiger partial charge in [0.2, 0.25) is 23.8 Å². The molecule has 0 spiro atoms. The first-order valence-corrected chi connectivity index (χ1v) is 19.1. The van der Waals surface area contributed by atoms with Crippen LogP contribution in [0.2, 0.25) is 0 Å². The maximum Gasteiger partial charge on any atom is 0.235 e. The third-order valence-electron chi connectivity index (χ3n) is 8.18. The lowest BCUT2D eigenvalue weighted by atomic mass is 10.0. The predicted octanol–water partition coefficient (Wildman–Crippen LogP) is 7.21. The standard InChI is InChI=1S/C22H45NO.C15H30N6O6/c1-2-3-4-5-6-7-8-9-10-11-12-13-14-15-16-17-18-19-20-21-22(23)24;1-22-7-19(8-23-2)13-16-14(20(9-24-3)10-25-4)18-15(17-13)21(11-26-5)12-27-6/h2-21H2,1H3,(H2,23,24);7-12H2,1-6H3. The van der Waals surface area contributed by atoms with Crippen molar-refractivity contribution in [2.75, 3.05) is 97.7 Å². The number of rotatable bonds is 35. The molecule has 1 rings (SSSR count). The molecule has 300 valence electrons. The third kappa shape index (κ3) is 27.0. The summed E-state index contributed by atoms with van der Waals surface area (Å²) in [5, 5.41) is 0. The zero-order valence-electron chi connectivity index (χ0n) is 33.5. The monoisotopic (exact) mass is 730 g/mol. The Morgan fingerprint density at radius 2 is 0.647 bits per heavy atom. The molecule has 14 nitrogen and oxygen atoms in total. The van der Waals surface area contributed by atoms with Gasteiger partial charge < -0.3 is 34.2 Å². The van der Waals surface area contributed by atoms with E-state index in [1.54, 1.807) is 57.4 Å². The highest BCUT2D eigenvalue weighted by Gasteiger charge is 2.20. The maximum atomic E-state index is 10.6. The van der Waals surface area contributed by atoms with Crippen LogP contribution in [-0.2, 0) is 33.2 Å². The average molecular weight is 730 g/mol. The lowest BCUT2D eigenvalue weighted by molar-refractivity contribution is -0.118. The number of hydrogen-bond acceptors (Lipinski definition) is 13. The zero-order valence-corrected chi connectivity index (χ0v) is 33.5. The van der Waals surface area contributed by atoms with Gasteiger partial charge in [-0.15, -0.1) is 0 Å². The van der Waals surface area contributed by atoms with E-state index >= 15 is 0 Å². The van der Waals surface area contributed by atoms with Gasteiger partial charge in [-0.25, -0.2) is 0 Å². The second-order valence-corrected chi connectivity index (χ2v) is 12.9. The first-order valence-electron chi connectivity index (χ1n) is 19.1. The van der Waals surface area contributed by atoms with Crippen molar-refractivity contribution in [3.05, 3.63) is 0 Å². The Labute approximate surface area is 310 Å². The van der Waals surface area contributed by atoms with Gasteiger partial charge in [0.1, 0.15) is 40.4 Å². The van der Waals surface area contributed by atoms with Crippen molar-refractivity contribution in [3.8, 4) is 0 Å². The summed E-state index contributed by atoms with van der Waals surface area (Å²) in [5.41, 5.74) is 5.13. The molecule has 0 aromatic carbocycles. The van der Waals surface area contributed by atoms with E-state index in [9.17, 15) is 4.79 Å². The van der Waals surface area contributed by atoms with Crippen LogP contribution in [0, 0.1) is 0 Å². The number of nitrogens with two attached hydrogens (primary N) is 1. The number of primary amides is 1. The number of carbonyl (C=O) groups is 1. The van der Waals surface area contributed by atoms with Gasteiger partial charge in [0, 0.05) is 49.1 Å². The number of anilines is 3. The Hall–Kier alpha value is -2.36. The van der Waals surface area contributed by atoms with Crippen LogP contribution in [0.5, 0.6) is 0 Å².